The molecule has 0 radical (unpaired) electrons. The highest BCUT2D eigenvalue weighted by atomic mass is 16.5. The fraction of sp³-hybridized carbons (Fsp3) is 0.310. The number of rotatable bonds is 10. The number of ether oxygens (including phenoxy) is 1. The number of unbranched alkanes of at least 4 members (excludes halogenated alkanes) is 1. The van der Waals surface area contributed by atoms with Gasteiger partial charge in [0.15, 0.2) is 0 Å². The highest BCUT2D eigenvalue weighted by Crippen LogP contribution is 2.26. The van der Waals surface area contributed by atoms with Gasteiger partial charge in [-0.15, -0.1) is 0 Å². The number of carbonyl (C=O) groups is 1. The van der Waals surface area contributed by atoms with E-state index in [0.717, 1.165) is 42.0 Å². The van der Waals surface area contributed by atoms with Gasteiger partial charge in [0.25, 0.3) is 5.91 Å². The van der Waals surface area contributed by atoms with E-state index in [9.17, 15) is 4.79 Å². The highest BCUT2D eigenvalue weighted by molar-refractivity contribution is 5.94. The lowest BCUT2D eigenvalue weighted by molar-refractivity contribution is 0.0937. The predicted octanol–water partition coefficient (Wildman–Crippen LogP) is 6.51. The Balaban J connectivity index is 1.42. The molecule has 176 valence electrons. The SMILES string of the molecule is CC(C)c1ccccc1OCCCCn1c(C(C)NC(=O)c2ccccc2)nc2ccccc21. The lowest BCUT2D eigenvalue weighted by Crippen LogP contribution is -2.28. The predicted molar refractivity (Wildman–Crippen MR) is 137 cm³/mol. The Morgan fingerprint density at radius 2 is 1.62 bits per heavy atom. The molecule has 34 heavy (non-hydrogen) atoms. The van der Waals surface area contributed by atoms with Gasteiger partial charge in [-0.1, -0.05) is 62.4 Å². The second-order valence-electron chi connectivity index (χ2n) is 8.92. The standard InChI is InChI=1S/C29H33N3O2/c1-21(2)24-15-7-10-18-27(24)34-20-12-11-19-32-26-17-9-8-16-25(26)31-28(32)22(3)30-29(33)23-13-5-4-6-14-23/h4-10,13-18,21-22H,11-12,19-20H2,1-3H3,(H,30,33). The van der Waals surface area contributed by atoms with Crippen molar-refractivity contribution in [3.05, 3.63) is 95.8 Å². The summed E-state index contributed by atoms with van der Waals surface area (Å²) in [5.41, 5.74) is 3.93. The highest BCUT2D eigenvalue weighted by Gasteiger charge is 2.19. The summed E-state index contributed by atoms with van der Waals surface area (Å²) >= 11 is 0. The van der Waals surface area contributed by atoms with E-state index in [1.165, 1.54) is 5.56 Å². The summed E-state index contributed by atoms with van der Waals surface area (Å²) in [6, 6.07) is 25.5. The maximum Gasteiger partial charge on any atom is 0.251 e. The molecular weight excluding hydrogens is 422 g/mol. The molecule has 5 heteroatoms. The van der Waals surface area contributed by atoms with Crippen molar-refractivity contribution >= 4 is 16.9 Å². The van der Waals surface area contributed by atoms with E-state index < -0.39 is 0 Å². The van der Waals surface area contributed by atoms with E-state index in [0.29, 0.717) is 18.1 Å². The van der Waals surface area contributed by atoms with Gasteiger partial charge in [0.1, 0.15) is 11.6 Å². The number of hydrogen-bond donors (Lipinski definition) is 1. The molecule has 0 bridgehead atoms. The van der Waals surface area contributed by atoms with Gasteiger partial charge in [0, 0.05) is 12.1 Å². The summed E-state index contributed by atoms with van der Waals surface area (Å²) in [5.74, 6) is 2.19. The summed E-state index contributed by atoms with van der Waals surface area (Å²) in [4.78, 5) is 17.6. The summed E-state index contributed by atoms with van der Waals surface area (Å²) < 4.78 is 8.33. The van der Waals surface area contributed by atoms with Gasteiger partial charge in [-0.2, -0.15) is 0 Å². The van der Waals surface area contributed by atoms with E-state index in [1.807, 2.05) is 67.6 Å². The molecule has 4 rings (SSSR count). The topological polar surface area (TPSA) is 56.1 Å². The second kappa shape index (κ2) is 11.0. The molecule has 0 spiro atoms. The molecule has 4 aromatic rings. The number of nitrogens with zero attached hydrogens (tertiary/aromatic N) is 2. The van der Waals surface area contributed by atoms with Crippen molar-refractivity contribution in [1.82, 2.24) is 14.9 Å². The van der Waals surface area contributed by atoms with Crippen LogP contribution in [0.2, 0.25) is 0 Å². The first-order valence-electron chi connectivity index (χ1n) is 12.1. The molecule has 1 heterocycles. The minimum Gasteiger partial charge on any atom is -0.493 e. The number of benzene rings is 3. The molecule has 0 aliphatic heterocycles. The van der Waals surface area contributed by atoms with Gasteiger partial charge in [-0.3, -0.25) is 4.79 Å². The molecule has 0 aliphatic carbocycles. The maximum atomic E-state index is 12.7. The Morgan fingerprint density at radius 3 is 2.41 bits per heavy atom. The summed E-state index contributed by atoms with van der Waals surface area (Å²) in [6.45, 7) is 7.85. The number of para-hydroxylation sites is 3. The summed E-state index contributed by atoms with van der Waals surface area (Å²) in [6.07, 6.45) is 1.89. The van der Waals surface area contributed by atoms with Crippen LogP contribution in [-0.4, -0.2) is 22.1 Å². The number of aromatic nitrogens is 2. The van der Waals surface area contributed by atoms with Crippen LogP contribution >= 0.6 is 0 Å². The first-order valence-corrected chi connectivity index (χ1v) is 12.1. The smallest absolute Gasteiger partial charge is 0.251 e. The van der Waals surface area contributed by atoms with Crippen molar-refractivity contribution in [2.75, 3.05) is 6.61 Å². The molecule has 3 aromatic carbocycles. The average Bonchev–Trinajstić information content (AvgIpc) is 3.23. The number of fused-ring (bicyclic) bond motifs is 1. The van der Waals surface area contributed by atoms with E-state index in [-0.39, 0.29) is 11.9 Å². The Kier molecular flexibility index (Phi) is 7.63. The Labute approximate surface area is 201 Å². The van der Waals surface area contributed by atoms with Crippen LogP contribution in [-0.2, 0) is 6.54 Å². The monoisotopic (exact) mass is 455 g/mol. The van der Waals surface area contributed by atoms with Crippen LogP contribution in [0.4, 0.5) is 0 Å². The normalized spacial score (nSPS) is 12.1. The van der Waals surface area contributed by atoms with Crippen molar-refractivity contribution < 1.29 is 9.53 Å². The summed E-state index contributed by atoms with van der Waals surface area (Å²) in [5, 5.41) is 3.11. The first kappa shape index (κ1) is 23.6. The van der Waals surface area contributed by atoms with Crippen LogP contribution in [0, 0.1) is 0 Å². The molecule has 1 atom stereocenters. The van der Waals surface area contributed by atoms with Crippen molar-refractivity contribution in [2.45, 2.75) is 52.1 Å². The van der Waals surface area contributed by atoms with Crippen LogP contribution in [0.3, 0.4) is 0 Å². The third-order valence-electron chi connectivity index (χ3n) is 6.03. The number of imidazole rings is 1. The quantitative estimate of drug-likeness (QED) is 0.277. The largest absolute Gasteiger partial charge is 0.493 e. The van der Waals surface area contributed by atoms with Crippen molar-refractivity contribution in [3.8, 4) is 5.75 Å². The van der Waals surface area contributed by atoms with Crippen LogP contribution in [0.1, 0.15) is 67.3 Å². The minimum absolute atomic E-state index is 0.0936. The molecule has 5 nitrogen and oxygen atoms in total. The number of carbonyl (C=O) groups excluding carboxylic acids is 1. The van der Waals surface area contributed by atoms with E-state index >= 15 is 0 Å². The summed E-state index contributed by atoms with van der Waals surface area (Å²) in [7, 11) is 0. The van der Waals surface area contributed by atoms with Gasteiger partial charge in [0.05, 0.1) is 23.7 Å². The maximum absolute atomic E-state index is 12.7. The molecule has 1 N–H and O–H groups in total. The van der Waals surface area contributed by atoms with Gasteiger partial charge in [-0.25, -0.2) is 4.98 Å². The van der Waals surface area contributed by atoms with Crippen LogP contribution < -0.4 is 10.1 Å². The van der Waals surface area contributed by atoms with E-state index in [4.69, 9.17) is 9.72 Å². The van der Waals surface area contributed by atoms with Gasteiger partial charge in [0.2, 0.25) is 0 Å². The third kappa shape index (κ3) is 5.48. The third-order valence-corrected chi connectivity index (χ3v) is 6.03. The van der Waals surface area contributed by atoms with Crippen molar-refractivity contribution in [3.63, 3.8) is 0 Å². The minimum atomic E-state index is -0.214. The lowest BCUT2D eigenvalue weighted by Gasteiger charge is -2.17. The molecule has 1 amide bonds. The van der Waals surface area contributed by atoms with Crippen LogP contribution in [0.5, 0.6) is 5.75 Å². The van der Waals surface area contributed by atoms with E-state index in [1.54, 1.807) is 0 Å². The van der Waals surface area contributed by atoms with Crippen LogP contribution in [0.15, 0.2) is 78.9 Å². The van der Waals surface area contributed by atoms with Crippen LogP contribution in [0.25, 0.3) is 11.0 Å². The first-order chi connectivity index (χ1) is 16.5. The molecule has 0 aliphatic rings. The fourth-order valence-corrected chi connectivity index (χ4v) is 4.24. The molecule has 1 aromatic heterocycles. The molecule has 0 saturated heterocycles. The van der Waals surface area contributed by atoms with E-state index in [2.05, 4.69) is 41.9 Å². The number of nitrogens with one attached hydrogen (secondary N) is 1. The molecule has 1 unspecified atom stereocenters. The molecular formula is C29H33N3O2. The second-order valence-corrected chi connectivity index (χ2v) is 8.92. The molecule has 0 fully saturated rings. The van der Waals surface area contributed by atoms with Crippen molar-refractivity contribution in [2.24, 2.45) is 0 Å². The Bertz CT molecular complexity index is 1230. The zero-order valence-electron chi connectivity index (χ0n) is 20.2. The van der Waals surface area contributed by atoms with Gasteiger partial charge in [-0.05, 0) is 61.6 Å². The zero-order valence-corrected chi connectivity index (χ0v) is 20.2. The Morgan fingerprint density at radius 1 is 0.912 bits per heavy atom. The van der Waals surface area contributed by atoms with Gasteiger partial charge < -0.3 is 14.6 Å². The lowest BCUT2D eigenvalue weighted by atomic mass is 10.0. The number of aryl methyl sites for hydroxylation is 1. The van der Waals surface area contributed by atoms with Crippen molar-refractivity contribution in [1.29, 1.82) is 0 Å². The Hall–Kier alpha value is -3.60. The fourth-order valence-electron chi connectivity index (χ4n) is 4.24. The average molecular weight is 456 g/mol. The van der Waals surface area contributed by atoms with Gasteiger partial charge >= 0.3 is 0 Å². The number of amides is 1. The number of hydrogen-bond acceptors (Lipinski definition) is 3. The molecule has 0 saturated carbocycles. The zero-order chi connectivity index (χ0) is 23.9.